The van der Waals surface area contributed by atoms with Gasteiger partial charge in [0.05, 0.1) is 16.3 Å². The molecule has 2 bridgehead atoms. The second-order valence-electron chi connectivity index (χ2n) is 8.35. The number of hydrogen-bond donors (Lipinski definition) is 1. The molecule has 9 heteroatoms. The molecule has 1 aromatic carbocycles. The maximum absolute atomic E-state index is 13.3. The fourth-order valence-electron chi connectivity index (χ4n) is 4.86. The molecule has 3 aromatic rings. The van der Waals surface area contributed by atoms with Gasteiger partial charge in [-0.1, -0.05) is 18.5 Å². The second kappa shape index (κ2) is 6.84. The molecule has 3 atom stereocenters. The quantitative estimate of drug-likeness (QED) is 0.636. The third-order valence-electron chi connectivity index (χ3n) is 5.97. The number of urea groups is 1. The fraction of sp³-hybridized carbons (Fsp3) is 0.429. The summed E-state index contributed by atoms with van der Waals surface area (Å²) in [6.07, 6.45) is 4.17. The van der Waals surface area contributed by atoms with Crippen LogP contribution in [0.5, 0.6) is 0 Å². The van der Waals surface area contributed by atoms with Crippen LogP contribution in [0.15, 0.2) is 33.3 Å². The number of oxazole rings is 1. The van der Waals surface area contributed by atoms with Crippen molar-refractivity contribution in [3.63, 3.8) is 0 Å². The minimum absolute atomic E-state index is 0.155. The predicted octanol–water partition coefficient (Wildman–Crippen LogP) is 4.93. The van der Waals surface area contributed by atoms with E-state index in [0.29, 0.717) is 39.9 Å². The van der Waals surface area contributed by atoms with Crippen molar-refractivity contribution in [3.05, 3.63) is 47.0 Å². The van der Waals surface area contributed by atoms with Crippen molar-refractivity contribution >= 4 is 23.3 Å². The Bertz CT molecular complexity index is 1130. The van der Waals surface area contributed by atoms with E-state index in [9.17, 15) is 4.79 Å². The maximum Gasteiger partial charge on any atom is 0.323 e. The number of fused-ring (bicyclic) bond motifs is 2. The van der Waals surface area contributed by atoms with Gasteiger partial charge < -0.3 is 19.1 Å². The molecule has 0 spiro atoms. The molecule has 1 unspecified atom stereocenters. The lowest BCUT2D eigenvalue weighted by molar-refractivity contribution is -0.110. The number of halogens is 1. The van der Waals surface area contributed by atoms with Crippen LogP contribution in [0, 0.1) is 19.8 Å². The summed E-state index contributed by atoms with van der Waals surface area (Å²) < 4.78 is 11.2. The Hall–Kier alpha value is -2.87. The topological polar surface area (TPSA) is 97.3 Å². The first-order valence-corrected chi connectivity index (χ1v) is 10.4. The minimum Gasteiger partial charge on any atom is -0.444 e. The van der Waals surface area contributed by atoms with Gasteiger partial charge in [0, 0.05) is 25.1 Å². The average molecular weight is 428 g/mol. The van der Waals surface area contributed by atoms with Crippen LogP contribution in [0.1, 0.15) is 43.7 Å². The van der Waals surface area contributed by atoms with Crippen LogP contribution in [-0.4, -0.2) is 32.2 Å². The molecule has 2 amide bonds. The van der Waals surface area contributed by atoms with Gasteiger partial charge >= 0.3 is 6.03 Å². The smallest absolute Gasteiger partial charge is 0.323 e. The van der Waals surface area contributed by atoms with Crippen molar-refractivity contribution in [2.24, 2.45) is 5.92 Å². The number of piperidine rings is 1. The van der Waals surface area contributed by atoms with Gasteiger partial charge in [-0.3, -0.25) is 0 Å². The van der Waals surface area contributed by atoms with Crippen molar-refractivity contribution < 1.29 is 13.6 Å². The highest BCUT2D eigenvalue weighted by Gasteiger charge is 2.62. The van der Waals surface area contributed by atoms with Gasteiger partial charge in [-0.25, -0.2) is 9.78 Å². The van der Waals surface area contributed by atoms with Crippen molar-refractivity contribution in [2.45, 2.75) is 51.6 Å². The first-order chi connectivity index (χ1) is 14.4. The maximum atomic E-state index is 13.3. The number of nitrogens with one attached hydrogen (secondary N) is 1. The Balaban J connectivity index is 1.43. The predicted molar refractivity (Wildman–Crippen MR) is 110 cm³/mol. The number of hydrogen-bond acceptors (Lipinski definition) is 6. The van der Waals surface area contributed by atoms with Crippen molar-refractivity contribution in [1.82, 2.24) is 20.1 Å². The van der Waals surface area contributed by atoms with Crippen molar-refractivity contribution in [2.75, 3.05) is 5.32 Å². The molecule has 1 N–H and O–H groups in total. The van der Waals surface area contributed by atoms with E-state index < -0.39 is 5.54 Å². The highest BCUT2D eigenvalue weighted by Crippen LogP contribution is 2.55. The van der Waals surface area contributed by atoms with E-state index in [1.165, 1.54) is 0 Å². The van der Waals surface area contributed by atoms with Gasteiger partial charge in [-0.05, 0) is 43.9 Å². The molecule has 2 fully saturated rings. The van der Waals surface area contributed by atoms with E-state index in [2.05, 4.69) is 27.4 Å². The summed E-state index contributed by atoms with van der Waals surface area (Å²) in [5.41, 5.74) is 1.46. The monoisotopic (exact) mass is 427 g/mol. The van der Waals surface area contributed by atoms with Gasteiger partial charge in [0.15, 0.2) is 0 Å². The summed E-state index contributed by atoms with van der Waals surface area (Å²) >= 11 is 6.33. The average Bonchev–Trinajstić information content (AvgIpc) is 3.31. The first-order valence-electron chi connectivity index (χ1n) is 9.99. The summed E-state index contributed by atoms with van der Waals surface area (Å²) in [6.45, 7) is 5.80. The Labute approximate surface area is 178 Å². The number of amides is 2. The SMILES string of the molecule is Cc1coc(-c2cc(NC(=O)N3[C@@H]4C[C@@H](C)CC3(c3nnc(C)o3)C4)ccc2Cl)n1. The molecule has 2 aliphatic rings. The van der Waals surface area contributed by atoms with E-state index in [1.54, 1.807) is 31.4 Å². The van der Waals surface area contributed by atoms with Gasteiger partial charge in [0.25, 0.3) is 0 Å². The largest absolute Gasteiger partial charge is 0.444 e. The van der Waals surface area contributed by atoms with E-state index in [4.69, 9.17) is 20.4 Å². The molecule has 2 saturated heterocycles. The van der Waals surface area contributed by atoms with Crippen LogP contribution in [-0.2, 0) is 5.54 Å². The van der Waals surface area contributed by atoms with Crippen LogP contribution >= 0.6 is 11.6 Å². The number of nitrogens with zero attached hydrogens (tertiary/aromatic N) is 4. The lowest BCUT2D eigenvalue weighted by Gasteiger charge is -2.61. The van der Waals surface area contributed by atoms with Crippen molar-refractivity contribution in [1.29, 1.82) is 0 Å². The molecule has 4 heterocycles. The molecular weight excluding hydrogens is 406 g/mol. The number of aryl methyl sites for hydroxylation is 2. The molecule has 2 aliphatic heterocycles. The molecule has 0 radical (unpaired) electrons. The molecule has 8 nitrogen and oxygen atoms in total. The number of anilines is 1. The van der Waals surface area contributed by atoms with E-state index in [1.807, 2.05) is 11.8 Å². The number of carbonyl (C=O) groups is 1. The highest BCUT2D eigenvalue weighted by molar-refractivity contribution is 6.33. The van der Waals surface area contributed by atoms with Crippen LogP contribution in [0.2, 0.25) is 5.02 Å². The number of rotatable bonds is 3. The summed E-state index contributed by atoms with van der Waals surface area (Å²) in [7, 11) is 0. The van der Waals surface area contributed by atoms with Gasteiger partial charge in [-0.15, -0.1) is 10.2 Å². The van der Waals surface area contributed by atoms with Gasteiger partial charge in [0.1, 0.15) is 11.8 Å². The van der Waals surface area contributed by atoms with E-state index in [-0.39, 0.29) is 12.1 Å². The van der Waals surface area contributed by atoms with Crippen LogP contribution < -0.4 is 5.32 Å². The molecule has 0 saturated carbocycles. The molecule has 5 rings (SSSR count). The highest BCUT2D eigenvalue weighted by atomic mass is 35.5. The molecular formula is C21H22ClN5O3. The van der Waals surface area contributed by atoms with Crippen molar-refractivity contribution in [3.8, 4) is 11.5 Å². The third kappa shape index (κ3) is 2.98. The summed E-state index contributed by atoms with van der Waals surface area (Å²) in [4.78, 5) is 19.5. The zero-order valence-electron chi connectivity index (χ0n) is 17.0. The number of benzene rings is 1. The lowest BCUT2D eigenvalue weighted by Crippen LogP contribution is -2.70. The van der Waals surface area contributed by atoms with Crippen LogP contribution in [0.4, 0.5) is 10.5 Å². The summed E-state index contributed by atoms with van der Waals surface area (Å²) in [5.74, 6) is 1.92. The zero-order valence-corrected chi connectivity index (χ0v) is 17.7. The Morgan fingerprint density at radius 1 is 1.30 bits per heavy atom. The second-order valence-corrected chi connectivity index (χ2v) is 8.76. The molecule has 156 valence electrons. The fourth-order valence-corrected chi connectivity index (χ4v) is 5.06. The van der Waals surface area contributed by atoms with E-state index in [0.717, 1.165) is 25.0 Å². The zero-order chi connectivity index (χ0) is 21.0. The van der Waals surface area contributed by atoms with Gasteiger partial charge in [0.2, 0.25) is 17.7 Å². The van der Waals surface area contributed by atoms with Crippen LogP contribution in [0.25, 0.3) is 11.5 Å². The lowest BCUT2D eigenvalue weighted by atomic mass is 9.64. The molecule has 0 aliphatic carbocycles. The first kappa shape index (κ1) is 19.1. The standard InChI is InChI=1S/C21H22ClN5O3/c1-11-6-15-9-21(8-11,19-26-25-13(3)30-19)27(15)20(28)24-14-4-5-17(22)16(7-14)18-23-12(2)10-29-18/h4-5,7,10-11,15H,6,8-9H2,1-3H3,(H,24,28)/t11-,15-,21?/m1/s1. The summed E-state index contributed by atoms with van der Waals surface area (Å²) in [5, 5.41) is 11.7. The van der Waals surface area contributed by atoms with E-state index >= 15 is 0 Å². The summed E-state index contributed by atoms with van der Waals surface area (Å²) in [6, 6.07) is 5.23. The molecule has 30 heavy (non-hydrogen) atoms. The van der Waals surface area contributed by atoms with Gasteiger partial charge in [-0.2, -0.15) is 0 Å². The third-order valence-corrected chi connectivity index (χ3v) is 6.30. The van der Waals surface area contributed by atoms with Crippen LogP contribution in [0.3, 0.4) is 0 Å². The Kier molecular flexibility index (Phi) is 4.36. The minimum atomic E-state index is -0.539. The Morgan fingerprint density at radius 2 is 2.13 bits per heavy atom. The number of aromatic nitrogens is 3. The molecule has 2 aromatic heterocycles. The number of carbonyl (C=O) groups excluding carboxylic acids is 1. The Morgan fingerprint density at radius 3 is 2.83 bits per heavy atom. The normalized spacial score (nSPS) is 25.1.